The van der Waals surface area contributed by atoms with Crippen LogP contribution in [0.5, 0.6) is 11.5 Å². The molecule has 0 atom stereocenters. The third-order valence-electron chi connectivity index (χ3n) is 4.47. The number of halogens is 1. The molecule has 0 aliphatic carbocycles. The predicted octanol–water partition coefficient (Wildman–Crippen LogP) is 4.97. The first-order valence-corrected chi connectivity index (χ1v) is 10.1. The van der Waals surface area contributed by atoms with Crippen LogP contribution in [-0.2, 0) is 0 Å². The molecule has 152 valence electrons. The van der Waals surface area contributed by atoms with E-state index in [1.54, 1.807) is 12.4 Å². The SMILES string of the molecule is CCOc1ccc(C2=NNC(c3cccnc3)=Nc3ccc(Cl)cc32)cc1OCC. The standard InChI is InChI=1S/C23H21ClN4O2/c1-3-29-20-10-7-15(12-21(20)30-4-2)22-18-13-17(24)8-9-19(18)26-23(28-27-22)16-6-5-11-25-14-16/h5-14H,3-4H2,1-2H3,(H,26,28). The largest absolute Gasteiger partial charge is 0.490 e. The highest BCUT2D eigenvalue weighted by Gasteiger charge is 2.19. The molecule has 0 fully saturated rings. The number of amidine groups is 1. The summed E-state index contributed by atoms with van der Waals surface area (Å²) in [6, 6.07) is 15.1. The Morgan fingerprint density at radius 1 is 0.933 bits per heavy atom. The van der Waals surface area contributed by atoms with Gasteiger partial charge in [0.25, 0.3) is 0 Å². The van der Waals surface area contributed by atoms with E-state index in [-0.39, 0.29) is 0 Å². The minimum atomic E-state index is 0.533. The molecule has 2 heterocycles. The van der Waals surface area contributed by atoms with Crippen LogP contribution < -0.4 is 14.9 Å². The molecule has 0 unspecified atom stereocenters. The Hall–Kier alpha value is -3.38. The normalized spacial score (nSPS) is 12.8. The Morgan fingerprint density at radius 2 is 1.77 bits per heavy atom. The highest BCUT2D eigenvalue weighted by molar-refractivity contribution is 6.31. The van der Waals surface area contributed by atoms with E-state index in [4.69, 9.17) is 26.1 Å². The summed E-state index contributed by atoms with van der Waals surface area (Å²) < 4.78 is 11.5. The van der Waals surface area contributed by atoms with Crippen molar-refractivity contribution in [2.75, 3.05) is 13.2 Å². The Bertz CT molecular complexity index is 1110. The zero-order chi connectivity index (χ0) is 20.9. The van der Waals surface area contributed by atoms with E-state index in [2.05, 4.69) is 15.5 Å². The van der Waals surface area contributed by atoms with Gasteiger partial charge in [0.05, 0.1) is 18.9 Å². The third-order valence-corrected chi connectivity index (χ3v) is 4.71. The number of aromatic nitrogens is 1. The number of hydrogen-bond donors (Lipinski definition) is 1. The van der Waals surface area contributed by atoms with Gasteiger partial charge in [0, 0.05) is 34.1 Å². The van der Waals surface area contributed by atoms with Crippen molar-refractivity contribution in [2.45, 2.75) is 13.8 Å². The van der Waals surface area contributed by atoms with Gasteiger partial charge in [-0.2, -0.15) is 5.10 Å². The average molecular weight is 421 g/mol. The predicted molar refractivity (Wildman–Crippen MR) is 119 cm³/mol. The zero-order valence-corrected chi connectivity index (χ0v) is 17.5. The maximum Gasteiger partial charge on any atom is 0.161 e. The molecule has 1 aromatic heterocycles. The molecular weight excluding hydrogens is 400 g/mol. The third kappa shape index (κ3) is 4.14. The second-order valence-corrected chi connectivity index (χ2v) is 6.90. The van der Waals surface area contributed by atoms with Crippen LogP contribution in [0.15, 0.2) is 71.0 Å². The summed E-state index contributed by atoms with van der Waals surface area (Å²) in [7, 11) is 0. The van der Waals surface area contributed by atoms with Gasteiger partial charge in [0.1, 0.15) is 5.71 Å². The van der Waals surface area contributed by atoms with Crippen molar-refractivity contribution in [1.82, 2.24) is 10.4 Å². The minimum Gasteiger partial charge on any atom is -0.490 e. The summed E-state index contributed by atoms with van der Waals surface area (Å²) in [5, 5.41) is 5.27. The highest BCUT2D eigenvalue weighted by atomic mass is 35.5. The van der Waals surface area contributed by atoms with Gasteiger partial charge in [0.15, 0.2) is 17.3 Å². The molecule has 7 heteroatoms. The van der Waals surface area contributed by atoms with E-state index in [1.807, 2.05) is 62.4 Å². The van der Waals surface area contributed by atoms with Gasteiger partial charge in [-0.15, -0.1) is 0 Å². The van der Waals surface area contributed by atoms with E-state index in [0.717, 1.165) is 22.4 Å². The van der Waals surface area contributed by atoms with Crippen LogP contribution in [0.4, 0.5) is 5.69 Å². The van der Waals surface area contributed by atoms with Crippen molar-refractivity contribution in [3.63, 3.8) is 0 Å². The van der Waals surface area contributed by atoms with Gasteiger partial charge < -0.3 is 9.47 Å². The number of hydrogen-bond acceptors (Lipinski definition) is 6. The fraction of sp³-hybridized carbons (Fsp3) is 0.174. The minimum absolute atomic E-state index is 0.533. The summed E-state index contributed by atoms with van der Waals surface area (Å²) in [6.07, 6.45) is 3.46. The molecule has 30 heavy (non-hydrogen) atoms. The summed E-state index contributed by atoms with van der Waals surface area (Å²) in [6.45, 7) is 4.97. The van der Waals surface area contributed by atoms with Crippen LogP contribution in [0.1, 0.15) is 30.5 Å². The van der Waals surface area contributed by atoms with Gasteiger partial charge in [-0.25, -0.2) is 4.99 Å². The van der Waals surface area contributed by atoms with E-state index in [0.29, 0.717) is 41.3 Å². The number of nitrogens with one attached hydrogen (secondary N) is 1. The molecule has 0 bridgehead atoms. The number of pyridine rings is 1. The molecule has 0 radical (unpaired) electrons. The first kappa shape index (κ1) is 19.9. The topological polar surface area (TPSA) is 68.1 Å². The van der Waals surface area contributed by atoms with Crippen LogP contribution in [0.3, 0.4) is 0 Å². The number of fused-ring (bicyclic) bond motifs is 1. The van der Waals surface area contributed by atoms with Crippen molar-refractivity contribution in [2.24, 2.45) is 10.1 Å². The number of nitrogens with zero attached hydrogens (tertiary/aromatic N) is 3. The molecule has 2 aromatic carbocycles. The molecule has 0 spiro atoms. The van der Waals surface area contributed by atoms with Crippen molar-refractivity contribution < 1.29 is 9.47 Å². The Balaban J connectivity index is 1.82. The average Bonchev–Trinajstić information content (AvgIpc) is 2.95. The van der Waals surface area contributed by atoms with Gasteiger partial charge in [-0.1, -0.05) is 11.6 Å². The molecular formula is C23H21ClN4O2. The fourth-order valence-corrected chi connectivity index (χ4v) is 3.33. The fourth-order valence-electron chi connectivity index (χ4n) is 3.16. The molecule has 4 rings (SSSR count). The Labute approximate surface area is 180 Å². The van der Waals surface area contributed by atoms with Crippen LogP contribution in [0, 0.1) is 0 Å². The van der Waals surface area contributed by atoms with E-state index in [1.165, 1.54) is 0 Å². The number of aliphatic imine (C=N–C) groups is 1. The molecule has 0 saturated carbocycles. The van der Waals surface area contributed by atoms with Gasteiger partial charge in [-0.05, 0) is 62.4 Å². The monoisotopic (exact) mass is 420 g/mol. The zero-order valence-electron chi connectivity index (χ0n) is 16.7. The van der Waals surface area contributed by atoms with Crippen molar-refractivity contribution in [1.29, 1.82) is 0 Å². The summed E-state index contributed by atoms with van der Waals surface area (Å²) in [5.41, 5.74) is 7.07. The molecule has 0 amide bonds. The second-order valence-electron chi connectivity index (χ2n) is 6.46. The van der Waals surface area contributed by atoms with Gasteiger partial charge in [0.2, 0.25) is 0 Å². The Kier molecular flexibility index (Phi) is 5.95. The summed E-state index contributed by atoms with van der Waals surface area (Å²) in [5.74, 6) is 1.97. The number of benzene rings is 2. The first-order chi connectivity index (χ1) is 14.7. The quantitative estimate of drug-likeness (QED) is 0.611. The van der Waals surface area contributed by atoms with Crippen molar-refractivity contribution in [3.8, 4) is 11.5 Å². The number of ether oxygens (including phenoxy) is 2. The molecule has 1 aliphatic heterocycles. The van der Waals surface area contributed by atoms with E-state index in [9.17, 15) is 0 Å². The van der Waals surface area contributed by atoms with Gasteiger partial charge in [-0.3, -0.25) is 10.4 Å². The smallest absolute Gasteiger partial charge is 0.161 e. The molecule has 0 saturated heterocycles. The van der Waals surface area contributed by atoms with Crippen molar-refractivity contribution >= 4 is 28.8 Å². The van der Waals surface area contributed by atoms with Gasteiger partial charge >= 0.3 is 0 Å². The first-order valence-electron chi connectivity index (χ1n) is 9.72. The lowest BCUT2D eigenvalue weighted by molar-refractivity contribution is 0.287. The molecule has 1 aliphatic rings. The maximum atomic E-state index is 6.31. The van der Waals surface area contributed by atoms with Crippen LogP contribution in [-0.4, -0.2) is 29.7 Å². The highest BCUT2D eigenvalue weighted by Crippen LogP contribution is 2.33. The second kappa shape index (κ2) is 8.97. The van der Waals surface area contributed by atoms with Crippen LogP contribution >= 0.6 is 11.6 Å². The van der Waals surface area contributed by atoms with Crippen LogP contribution in [0.25, 0.3) is 0 Å². The summed E-state index contributed by atoms with van der Waals surface area (Å²) in [4.78, 5) is 8.94. The van der Waals surface area contributed by atoms with E-state index >= 15 is 0 Å². The van der Waals surface area contributed by atoms with Crippen LogP contribution in [0.2, 0.25) is 5.02 Å². The summed E-state index contributed by atoms with van der Waals surface area (Å²) >= 11 is 6.31. The lowest BCUT2D eigenvalue weighted by Crippen LogP contribution is -2.19. The lowest BCUT2D eigenvalue weighted by atomic mass is 10.0. The molecule has 6 nitrogen and oxygen atoms in total. The van der Waals surface area contributed by atoms with E-state index < -0.39 is 0 Å². The Morgan fingerprint density at radius 3 is 2.53 bits per heavy atom. The lowest BCUT2D eigenvalue weighted by Gasteiger charge is -2.14. The van der Waals surface area contributed by atoms with Crippen molar-refractivity contribution in [3.05, 3.63) is 82.6 Å². The molecule has 3 aromatic rings. The maximum absolute atomic E-state index is 6.31. The number of rotatable bonds is 6. The number of hydrazone groups is 1. The molecule has 1 N–H and O–H groups in total.